The van der Waals surface area contributed by atoms with Crippen molar-refractivity contribution in [2.45, 2.75) is 25.7 Å². The lowest BCUT2D eigenvalue weighted by Gasteiger charge is -2.23. The van der Waals surface area contributed by atoms with Gasteiger partial charge in [-0.1, -0.05) is 50.0 Å². The number of ketones is 1. The molecule has 2 aromatic rings. The maximum Gasteiger partial charge on any atom is 0.204 e. The molecule has 2 rings (SSSR count). The van der Waals surface area contributed by atoms with Crippen LogP contribution in [0.15, 0.2) is 36.4 Å². The number of ether oxygens (including phenoxy) is 3. The molecule has 0 aliphatic rings. The van der Waals surface area contributed by atoms with Crippen LogP contribution < -0.4 is 14.2 Å². The fourth-order valence-electron chi connectivity index (χ4n) is 2.90. The quantitative estimate of drug-likeness (QED) is 0.545. The van der Waals surface area contributed by atoms with Crippen molar-refractivity contribution in [1.29, 1.82) is 0 Å². The normalized spacial score (nSPS) is 11.1. The van der Waals surface area contributed by atoms with Crippen LogP contribution in [0.1, 0.15) is 21.5 Å². The molecule has 5 heteroatoms. The number of benzene rings is 2. The van der Waals surface area contributed by atoms with Crippen LogP contribution in [0.3, 0.4) is 0 Å². The zero-order chi connectivity index (χ0) is 18.6. The summed E-state index contributed by atoms with van der Waals surface area (Å²) in [4.78, 5) is 13.2. The summed E-state index contributed by atoms with van der Waals surface area (Å²) < 4.78 is 16.5. The molecule has 0 amide bonds. The van der Waals surface area contributed by atoms with Gasteiger partial charge in [0.05, 0.1) is 26.9 Å². The molecule has 0 bridgehead atoms. The molecular formula is C20H26O4Si. The van der Waals surface area contributed by atoms with Gasteiger partial charge in [-0.25, -0.2) is 0 Å². The minimum Gasteiger partial charge on any atom is -0.493 e. The molecule has 0 spiro atoms. The van der Waals surface area contributed by atoms with E-state index in [0.717, 1.165) is 11.6 Å². The van der Waals surface area contributed by atoms with Crippen molar-refractivity contribution in [1.82, 2.24) is 0 Å². The van der Waals surface area contributed by atoms with Gasteiger partial charge in [0.25, 0.3) is 0 Å². The molecule has 134 valence electrons. The Balaban J connectivity index is 2.75. The van der Waals surface area contributed by atoms with Crippen molar-refractivity contribution in [2.24, 2.45) is 0 Å². The Bertz CT molecular complexity index is 749. The number of methoxy groups -OCH3 is 3. The molecule has 0 atom stereocenters. The lowest BCUT2D eigenvalue weighted by atomic mass is 9.97. The van der Waals surface area contributed by atoms with Gasteiger partial charge in [0.15, 0.2) is 17.3 Å². The van der Waals surface area contributed by atoms with E-state index in [2.05, 4.69) is 19.6 Å². The predicted octanol–water partition coefficient (Wildman–Crippen LogP) is 4.36. The van der Waals surface area contributed by atoms with E-state index < -0.39 is 8.07 Å². The van der Waals surface area contributed by atoms with E-state index in [1.807, 2.05) is 36.4 Å². The summed E-state index contributed by atoms with van der Waals surface area (Å²) in [6, 6.07) is 12.0. The van der Waals surface area contributed by atoms with E-state index >= 15 is 0 Å². The minimum atomic E-state index is -1.48. The molecule has 4 nitrogen and oxygen atoms in total. The van der Waals surface area contributed by atoms with E-state index in [1.54, 1.807) is 21.3 Å². The second-order valence-corrected chi connectivity index (χ2v) is 12.6. The summed E-state index contributed by atoms with van der Waals surface area (Å²) in [7, 11) is 3.22. The van der Waals surface area contributed by atoms with Crippen molar-refractivity contribution >= 4 is 13.9 Å². The van der Waals surface area contributed by atoms with E-state index in [0.29, 0.717) is 28.4 Å². The fourth-order valence-corrected chi connectivity index (χ4v) is 4.32. The molecule has 0 fully saturated rings. The largest absolute Gasteiger partial charge is 0.493 e. The van der Waals surface area contributed by atoms with Crippen LogP contribution in [0, 0.1) is 0 Å². The van der Waals surface area contributed by atoms with Crippen molar-refractivity contribution in [3.8, 4) is 17.2 Å². The Morgan fingerprint density at radius 2 is 1.52 bits per heavy atom. The van der Waals surface area contributed by atoms with Gasteiger partial charge in [-0.3, -0.25) is 4.79 Å². The third-order valence-corrected chi connectivity index (χ3v) is 5.34. The van der Waals surface area contributed by atoms with E-state index in [1.165, 1.54) is 0 Å². The zero-order valence-corrected chi connectivity index (χ0v) is 16.8. The molecule has 0 aliphatic carbocycles. The second-order valence-electron chi connectivity index (χ2n) is 7.11. The molecule has 0 N–H and O–H groups in total. The Morgan fingerprint density at radius 1 is 0.920 bits per heavy atom. The highest BCUT2D eigenvalue weighted by Crippen LogP contribution is 2.43. The summed E-state index contributed by atoms with van der Waals surface area (Å²) in [5.41, 5.74) is 2.14. The van der Waals surface area contributed by atoms with Gasteiger partial charge in [0.2, 0.25) is 5.75 Å². The highest BCUT2D eigenvalue weighted by molar-refractivity contribution is 6.75. The maximum atomic E-state index is 13.2. The number of rotatable bonds is 7. The third kappa shape index (κ3) is 4.23. The first-order valence-corrected chi connectivity index (χ1v) is 11.9. The smallest absolute Gasteiger partial charge is 0.204 e. The minimum absolute atomic E-state index is 0.0633. The molecule has 0 unspecified atom stereocenters. The van der Waals surface area contributed by atoms with E-state index in [-0.39, 0.29) is 5.78 Å². The molecule has 0 aliphatic heterocycles. The monoisotopic (exact) mass is 358 g/mol. The van der Waals surface area contributed by atoms with Gasteiger partial charge in [-0.15, -0.1) is 0 Å². The lowest BCUT2D eigenvalue weighted by molar-refractivity contribution is 0.103. The standard InChI is InChI=1S/C20H26O4Si/c1-22-16-12-15(13-25(4,5)6)17(20(24-3)19(16)23-2)18(21)14-10-8-7-9-11-14/h7-12H,13H2,1-6H3. The number of carbonyl (C=O) groups excluding carboxylic acids is 1. The first-order valence-electron chi connectivity index (χ1n) is 8.24. The Kier molecular flexibility index (Phi) is 5.90. The van der Waals surface area contributed by atoms with Crippen LogP contribution in [-0.2, 0) is 6.04 Å². The highest BCUT2D eigenvalue weighted by atomic mass is 28.3. The molecule has 0 heterocycles. The summed E-state index contributed by atoms with van der Waals surface area (Å²) in [5.74, 6) is 1.40. The van der Waals surface area contributed by atoms with Crippen LogP contribution >= 0.6 is 0 Å². The van der Waals surface area contributed by atoms with Crippen LogP contribution in [0.5, 0.6) is 17.2 Å². The summed E-state index contributed by atoms with van der Waals surface area (Å²) in [6.45, 7) is 6.81. The second kappa shape index (κ2) is 7.74. The lowest BCUT2D eigenvalue weighted by Crippen LogP contribution is -2.26. The molecule has 0 radical (unpaired) electrons. The summed E-state index contributed by atoms with van der Waals surface area (Å²) in [5, 5.41) is 0. The SMILES string of the molecule is COc1cc(C[Si](C)(C)C)c(C(=O)c2ccccc2)c(OC)c1OC. The average molecular weight is 359 g/mol. The van der Waals surface area contributed by atoms with Gasteiger partial charge < -0.3 is 14.2 Å². The van der Waals surface area contributed by atoms with Crippen molar-refractivity contribution in [2.75, 3.05) is 21.3 Å². The van der Waals surface area contributed by atoms with Gasteiger partial charge in [-0.05, 0) is 17.7 Å². The molecular weight excluding hydrogens is 332 g/mol. The van der Waals surface area contributed by atoms with Crippen LogP contribution in [0.25, 0.3) is 0 Å². The highest BCUT2D eigenvalue weighted by Gasteiger charge is 2.28. The van der Waals surface area contributed by atoms with Gasteiger partial charge in [0, 0.05) is 13.6 Å². The zero-order valence-electron chi connectivity index (χ0n) is 15.8. The fraction of sp³-hybridized carbons (Fsp3) is 0.350. The predicted molar refractivity (Wildman–Crippen MR) is 103 cm³/mol. The van der Waals surface area contributed by atoms with E-state index in [4.69, 9.17) is 14.2 Å². The molecule has 2 aromatic carbocycles. The molecule has 0 aromatic heterocycles. The first-order chi connectivity index (χ1) is 11.8. The van der Waals surface area contributed by atoms with Crippen molar-refractivity contribution in [3.05, 3.63) is 53.1 Å². The molecule has 25 heavy (non-hydrogen) atoms. The van der Waals surface area contributed by atoms with Crippen LogP contribution in [-0.4, -0.2) is 35.2 Å². The van der Waals surface area contributed by atoms with Gasteiger partial charge in [-0.2, -0.15) is 0 Å². The van der Waals surface area contributed by atoms with Crippen LogP contribution in [0.2, 0.25) is 19.6 Å². The Labute approximate surface area is 150 Å². The number of hydrogen-bond acceptors (Lipinski definition) is 4. The molecule has 0 saturated carbocycles. The van der Waals surface area contributed by atoms with Crippen molar-refractivity contribution in [3.63, 3.8) is 0 Å². The molecule has 0 saturated heterocycles. The third-order valence-electron chi connectivity index (χ3n) is 3.90. The van der Waals surface area contributed by atoms with Crippen LogP contribution in [0.4, 0.5) is 0 Å². The average Bonchev–Trinajstić information content (AvgIpc) is 2.59. The summed E-state index contributed by atoms with van der Waals surface area (Å²) >= 11 is 0. The van der Waals surface area contributed by atoms with Gasteiger partial charge in [0.1, 0.15) is 0 Å². The number of carbonyl (C=O) groups is 1. The Morgan fingerprint density at radius 3 is 2.00 bits per heavy atom. The summed E-state index contributed by atoms with van der Waals surface area (Å²) in [6.07, 6.45) is 0. The van der Waals surface area contributed by atoms with Crippen molar-refractivity contribution < 1.29 is 19.0 Å². The topological polar surface area (TPSA) is 44.8 Å². The number of hydrogen-bond donors (Lipinski definition) is 0. The maximum absolute atomic E-state index is 13.2. The van der Waals surface area contributed by atoms with Gasteiger partial charge >= 0.3 is 0 Å². The van der Waals surface area contributed by atoms with E-state index in [9.17, 15) is 4.79 Å². The first kappa shape index (κ1) is 19.1. The Hall–Kier alpha value is -2.27.